The van der Waals surface area contributed by atoms with Crippen LogP contribution in [0.4, 0.5) is 4.79 Å². The second kappa shape index (κ2) is 12.3. The summed E-state index contributed by atoms with van der Waals surface area (Å²) in [5, 5.41) is 2.81. The van der Waals surface area contributed by atoms with Crippen molar-refractivity contribution in [2.45, 2.75) is 38.7 Å². The Hall–Kier alpha value is -3.40. The Kier molecular flexibility index (Phi) is 8.87. The van der Waals surface area contributed by atoms with Crippen LogP contribution in [0.2, 0.25) is 0 Å². The van der Waals surface area contributed by atoms with Crippen molar-refractivity contribution in [2.75, 3.05) is 6.54 Å². The first-order valence-corrected chi connectivity index (χ1v) is 10.8. The molecule has 0 aromatic heterocycles. The van der Waals surface area contributed by atoms with Crippen LogP contribution in [0.3, 0.4) is 0 Å². The standard InChI is InChI=1S/C27H29NO3/c29-20-6-10-23-13-17-26(18-14-23)25-15-11-22(12-16-25)7-4-5-19-28-27(30)31-21-24-8-2-1-3-9-24/h1-3,8-9,11-18,20H,4-7,10,19,21H2,(H,28,30). The molecule has 0 unspecified atom stereocenters. The van der Waals surface area contributed by atoms with Crippen molar-refractivity contribution in [1.82, 2.24) is 5.32 Å². The monoisotopic (exact) mass is 415 g/mol. The van der Waals surface area contributed by atoms with Gasteiger partial charge >= 0.3 is 6.09 Å². The average molecular weight is 416 g/mol. The molecule has 0 spiro atoms. The van der Waals surface area contributed by atoms with Crippen molar-refractivity contribution in [3.05, 3.63) is 95.6 Å². The quantitative estimate of drug-likeness (QED) is 0.321. The van der Waals surface area contributed by atoms with Crippen molar-refractivity contribution in [1.29, 1.82) is 0 Å². The predicted molar refractivity (Wildman–Crippen MR) is 124 cm³/mol. The van der Waals surface area contributed by atoms with Crippen LogP contribution in [0.5, 0.6) is 0 Å². The maximum atomic E-state index is 11.7. The van der Waals surface area contributed by atoms with E-state index in [-0.39, 0.29) is 6.09 Å². The summed E-state index contributed by atoms with van der Waals surface area (Å²) >= 11 is 0. The van der Waals surface area contributed by atoms with Gasteiger partial charge in [0.05, 0.1) is 0 Å². The number of rotatable bonds is 11. The van der Waals surface area contributed by atoms with Crippen molar-refractivity contribution in [3.63, 3.8) is 0 Å². The van der Waals surface area contributed by atoms with Crippen molar-refractivity contribution in [2.24, 2.45) is 0 Å². The number of hydrogen-bond acceptors (Lipinski definition) is 3. The summed E-state index contributed by atoms with van der Waals surface area (Å²) in [6.07, 6.45) is 4.84. The van der Waals surface area contributed by atoms with Gasteiger partial charge in [0.1, 0.15) is 12.9 Å². The first-order valence-electron chi connectivity index (χ1n) is 10.8. The van der Waals surface area contributed by atoms with Crippen molar-refractivity contribution < 1.29 is 14.3 Å². The Morgan fingerprint density at radius 2 is 1.35 bits per heavy atom. The van der Waals surface area contributed by atoms with E-state index in [2.05, 4.69) is 53.8 Å². The molecule has 3 rings (SSSR count). The van der Waals surface area contributed by atoms with Gasteiger partial charge in [-0.1, -0.05) is 78.9 Å². The smallest absolute Gasteiger partial charge is 0.407 e. The third kappa shape index (κ3) is 7.74. The molecule has 0 radical (unpaired) electrons. The van der Waals surface area contributed by atoms with Crippen LogP contribution in [-0.2, 0) is 29.0 Å². The fraction of sp³-hybridized carbons (Fsp3) is 0.259. The number of amides is 1. The molecule has 1 amide bonds. The number of aryl methyl sites for hydroxylation is 2. The molecular formula is C27H29NO3. The molecule has 1 N–H and O–H groups in total. The highest BCUT2D eigenvalue weighted by Gasteiger charge is 2.03. The fourth-order valence-electron chi connectivity index (χ4n) is 3.37. The predicted octanol–water partition coefficient (Wildman–Crippen LogP) is 5.73. The molecule has 0 aliphatic carbocycles. The van der Waals surface area contributed by atoms with E-state index in [1.54, 1.807) is 0 Å². The number of carbonyl (C=O) groups is 2. The van der Waals surface area contributed by atoms with Gasteiger partial charge in [0.25, 0.3) is 0 Å². The third-order valence-electron chi connectivity index (χ3n) is 5.17. The fourth-order valence-corrected chi connectivity index (χ4v) is 3.37. The molecule has 0 saturated carbocycles. The molecule has 3 aromatic carbocycles. The van der Waals surface area contributed by atoms with Gasteiger partial charge in [0.15, 0.2) is 0 Å². The van der Waals surface area contributed by atoms with E-state index in [1.165, 1.54) is 22.3 Å². The Labute approximate surface area is 184 Å². The summed E-state index contributed by atoms with van der Waals surface area (Å²) in [5.41, 5.74) is 5.83. The Morgan fingerprint density at radius 3 is 1.97 bits per heavy atom. The molecule has 0 heterocycles. The number of unbranched alkanes of at least 4 members (excludes halogenated alkanes) is 1. The number of nitrogens with one attached hydrogen (secondary N) is 1. The summed E-state index contributed by atoms with van der Waals surface area (Å²) in [6.45, 7) is 0.905. The molecule has 4 nitrogen and oxygen atoms in total. The molecule has 0 fully saturated rings. The topological polar surface area (TPSA) is 55.4 Å². The molecule has 0 saturated heterocycles. The van der Waals surface area contributed by atoms with Gasteiger partial charge in [-0.2, -0.15) is 0 Å². The molecule has 31 heavy (non-hydrogen) atoms. The molecule has 3 aromatic rings. The maximum Gasteiger partial charge on any atom is 0.407 e. The van der Waals surface area contributed by atoms with Gasteiger partial charge in [-0.25, -0.2) is 4.79 Å². The molecule has 0 aliphatic rings. The highest BCUT2D eigenvalue weighted by atomic mass is 16.5. The third-order valence-corrected chi connectivity index (χ3v) is 5.17. The number of alkyl carbamates (subject to hydrolysis) is 1. The molecular weight excluding hydrogens is 386 g/mol. The molecule has 0 bridgehead atoms. The molecule has 0 atom stereocenters. The van der Waals surface area contributed by atoms with Crippen molar-refractivity contribution in [3.8, 4) is 11.1 Å². The van der Waals surface area contributed by atoms with E-state index >= 15 is 0 Å². The highest BCUT2D eigenvalue weighted by Crippen LogP contribution is 2.21. The maximum absolute atomic E-state index is 11.7. The zero-order valence-electron chi connectivity index (χ0n) is 17.8. The van der Waals surface area contributed by atoms with Crippen LogP contribution in [-0.4, -0.2) is 18.9 Å². The van der Waals surface area contributed by atoms with Gasteiger partial charge in [-0.15, -0.1) is 0 Å². The summed E-state index contributed by atoms with van der Waals surface area (Å²) in [4.78, 5) is 22.2. The minimum Gasteiger partial charge on any atom is -0.445 e. The summed E-state index contributed by atoms with van der Waals surface area (Å²) < 4.78 is 5.21. The lowest BCUT2D eigenvalue weighted by Crippen LogP contribution is -2.25. The van der Waals surface area contributed by atoms with E-state index in [9.17, 15) is 9.59 Å². The Balaban J connectivity index is 1.34. The van der Waals surface area contributed by atoms with Crippen LogP contribution >= 0.6 is 0 Å². The second-order valence-electron chi connectivity index (χ2n) is 7.54. The van der Waals surface area contributed by atoms with Crippen LogP contribution in [0.1, 0.15) is 36.0 Å². The summed E-state index contributed by atoms with van der Waals surface area (Å²) in [7, 11) is 0. The first-order chi connectivity index (χ1) is 15.2. The number of carbonyl (C=O) groups excluding carboxylic acids is 2. The van der Waals surface area contributed by atoms with E-state index < -0.39 is 0 Å². The Bertz CT molecular complexity index is 934. The highest BCUT2D eigenvalue weighted by molar-refractivity contribution is 5.67. The average Bonchev–Trinajstić information content (AvgIpc) is 2.82. The molecule has 0 aliphatic heterocycles. The van der Waals surface area contributed by atoms with E-state index in [0.29, 0.717) is 19.6 Å². The Morgan fingerprint density at radius 1 is 0.742 bits per heavy atom. The van der Waals surface area contributed by atoms with Crippen LogP contribution in [0.15, 0.2) is 78.9 Å². The van der Waals surface area contributed by atoms with Crippen LogP contribution in [0, 0.1) is 0 Å². The van der Waals surface area contributed by atoms with E-state index in [0.717, 1.165) is 37.5 Å². The lowest BCUT2D eigenvalue weighted by atomic mass is 10.00. The minimum atomic E-state index is -0.370. The van der Waals surface area contributed by atoms with Gasteiger partial charge in [-0.05, 0) is 53.5 Å². The van der Waals surface area contributed by atoms with Crippen LogP contribution in [0.25, 0.3) is 11.1 Å². The number of benzene rings is 3. The lowest BCUT2D eigenvalue weighted by Gasteiger charge is -2.08. The largest absolute Gasteiger partial charge is 0.445 e. The number of hydrogen-bond donors (Lipinski definition) is 1. The second-order valence-corrected chi connectivity index (χ2v) is 7.54. The molecule has 4 heteroatoms. The minimum absolute atomic E-state index is 0.292. The van der Waals surface area contributed by atoms with Gasteiger partial charge in [-0.3, -0.25) is 0 Å². The SMILES string of the molecule is O=CCCc1ccc(-c2ccc(CCCCNC(=O)OCc3ccccc3)cc2)cc1. The van der Waals surface area contributed by atoms with Crippen LogP contribution < -0.4 is 5.32 Å². The zero-order chi connectivity index (χ0) is 21.7. The van der Waals surface area contributed by atoms with Gasteiger partial charge in [0, 0.05) is 13.0 Å². The summed E-state index contributed by atoms with van der Waals surface area (Å²) in [5.74, 6) is 0. The van der Waals surface area contributed by atoms with E-state index in [1.807, 2.05) is 30.3 Å². The summed E-state index contributed by atoms with van der Waals surface area (Å²) in [6, 6.07) is 26.7. The van der Waals surface area contributed by atoms with Crippen molar-refractivity contribution >= 4 is 12.4 Å². The number of aldehydes is 1. The van der Waals surface area contributed by atoms with E-state index in [4.69, 9.17) is 4.74 Å². The van der Waals surface area contributed by atoms with Gasteiger partial charge in [0.2, 0.25) is 0 Å². The normalized spacial score (nSPS) is 10.5. The zero-order valence-corrected chi connectivity index (χ0v) is 17.8. The first kappa shape index (κ1) is 22.3. The lowest BCUT2D eigenvalue weighted by molar-refractivity contribution is -0.107. The molecule has 160 valence electrons. The van der Waals surface area contributed by atoms with Gasteiger partial charge < -0.3 is 14.8 Å². The number of ether oxygens (including phenoxy) is 1.